The first-order chi connectivity index (χ1) is 8.84. The zero-order valence-corrected chi connectivity index (χ0v) is 11.4. The van der Waals surface area contributed by atoms with Crippen molar-refractivity contribution < 1.29 is 4.79 Å². The molecule has 2 heterocycles. The van der Waals surface area contributed by atoms with Crippen LogP contribution in [0, 0.1) is 5.92 Å². The molecular formula is C15H19NOS. The number of aryl methyl sites for hydroxylation is 1. The standard InChI is InChI=1S/C15H19NOS/c17-15(13-3-1-7-16-10-13)12-5-6-14-11(9-12)4-2-8-18-14/h5-6,9,13,16H,1-4,7-8,10H2. The molecule has 2 nitrogen and oxygen atoms in total. The van der Waals surface area contributed by atoms with E-state index < -0.39 is 0 Å². The van der Waals surface area contributed by atoms with Crippen LogP contribution >= 0.6 is 11.8 Å². The molecule has 1 N–H and O–H groups in total. The van der Waals surface area contributed by atoms with Crippen LogP contribution < -0.4 is 5.32 Å². The van der Waals surface area contributed by atoms with Gasteiger partial charge in [-0.05, 0) is 55.7 Å². The van der Waals surface area contributed by atoms with Crippen molar-refractivity contribution in [3.8, 4) is 0 Å². The van der Waals surface area contributed by atoms with E-state index in [0.29, 0.717) is 5.78 Å². The highest BCUT2D eigenvalue weighted by Gasteiger charge is 2.23. The highest BCUT2D eigenvalue weighted by Crippen LogP contribution is 2.31. The smallest absolute Gasteiger partial charge is 0.167 e. The number of rotatable bonds is 2. The van der Waals surface area contributed by atoms with Gasteiger partial charge in [0.05, 0.1) is 0 Å². The zero-order chi connectivity index (χ0) is 12.4. The molecule has 0 bridgehead atoms. The van der Waals surface area contributed by atoms with E-state index in [1.165, 1.54) is 22.6 Å². The summed E-state index contributed by atoms with van der Waals surface area (Å²) in [5, 5.41) is 3.32. The highest BCUT2D eigenvalue weighted by atomic mass is 32.2. The van der Waals surface area contributed by atoms with Crippen molar-refractivity contribution >= 4 is 17.5 Å². The first kappa shape index (κ1) is 12.2. The number of ketones is 1. The summed E-state index contributed by atoms with van der Waals surface area (Å²) in [5.74, 6) is 1.74. The Labute approximate surface area is 113 Å². The number of piperidine rings is 1. The molecule has 0 saturated carbocycles. The fourth-order valence-electron chi connectivity index (χ4n) is 2.82. The molecule has 0 amide bonds. The minimum atomic E-state index is 0.188. The number of hydrogen-bond donors (Lipinski definition) is 1. The number of fused-ring (bicyclic) bond motifs is 1. The van der Waals surface area contributed by atoms with Crippen LogP contribution in [0.1, 0.15) is 35.2 Å². The van der Waals surface area contributed by atoms with Crippen molar-refractivity contribution in [3.05, 3.63) is 29.3 Å². The minimum Gasteiger partial charge on any atom is -0.316 e. The van der Waals surface area contributed by atoms with E-state index in [0.717, 1.165) is 37.9 Å². The number of carbonyl (C=O) groups excluding carboxylic acids is 1. The maximum atomic E-state index is 12.4. The van der Waals surface area contributed by atoms with E-state index in [2.05, 4.69) is 17.4 Å². The Morgan fingerprint density at radius 2 is 2.28 bits per heavy atom. The molecule has 3 rings (SSSR count). The van der Waals surface area contributed by atoms with Crippen LogP contribution in [-0.4, -0.2) is 24.6 Å². The lowest BCUT2D eigenvalue weighted by molar-refractivity contribution is 0.0899. The molecule has 1 fully saturated rings. The number of benzene rings is 1. The average Bonchev–Trinajstić information content (AvgIpc) is 2.47. The fourth-order valence-corrected chi connectivity index (χ4v) is 3.84. The van der Waals surface area contributed by atoms with E-state index in [9.17, 15) is 4.79 Å². The molecule has 2 aliphatic heterocycles. The summed E-state index contributed by atoms with van der Waals surface area (Å²) in [5.41, 5.74) is 2.30. The summed E-state index contributed by atoms with van der Waals surface area (Å²) in [6.07, 6.45) is 4.53. The van der Waals surface area contributed by atoms with E-state index >= 15 is 0 Å². The summed E-state index contributed by atoms with van der Waals surface area (Å²) in [6.45, 7) is 1.91. The van der Waals surface area contributed by atoms with Crippen molar-refractivity contribution in [2.75, 3.05) is 18.8 Å². The lowest BCUT2D eigenvalue weighted by atomic mass is 9.90. The Kier molecular flexibility index (Phi) is 3.71. The maximum Gasteiger partial charge on any atom is 0.167 e. The predicted octanol–water partition coefficient (Wildman–Crippen LogP) is 2.91. The van der Waals surface area contributed by atoms with E-state index in [1.54, 1.807) is 0 Å². The van der Waals surface area contributed by atoms with Crippen molar-refractivity contribution in [3.63, 3.8) is 0 Å². The summed E-state index contributed by atoms with van der Waals surface area (Å²) in [7, 11) is 0. The monoisotopic (exact) mass is 261 g/mol. The zero-order valence-electron chi connectivity index (χ0n) is 10.6. The van der Waals surface area contributed by atoms with Crippen LogP contribution in [0.3, 0.4) is 0 Å². The summed E-state index contributed by atoms with van der Waals surface area (Å²) in [4.78, 5) is 13.8. The largest absolute Gasteiger partial charge is 0.316 e. The third-order valence-corrected chi connectivity index (χ3v) is 5.06. The predicted molar refractivity (Wildman–Crippen MR) is 75.4 cm³/mol. The van der Waals surface area contributed by atoms with Gasteiger partial charge in [-0.25, -0.2) is 0 Å². The van der Waals surface area contributed by atoms with E-state index in [1.807, 2.05) is 17.8 Å². The molecule has 0 radical (unpaired) electrons. The molecule has 18 heavy (non-hydrogen) atoms. The quantitative estimate of drug-likeness (QED) is 0.830. The Hall–Kier alpha value is -0.800. The van der Waals surface area contributed by atoms with Crippen LogP contribution in [0.15, 0.2) is 23.1 Å². The molecular weight excluding hydrogens is 242 g/mol. The third-order valence-electron chi connectivity index (χ3n) is 3.86. The van der Waals surface area contributed by atoms with Crippen LogP contribution in [-0.2, 0) is 6.42 Å². The number of hydrogen-bond acceptors (Lipinski definition) is 3. The molecule has 2 aliphatic rings. The number of nitrogens with one attached hydrogen (secondary N) is 1. The average molecular weight is 261 g/mol. The Bertz CT molecular complexity index is 452. The molecule has 0 aliphatic carbocycles. The van der Waals surface area contributed by atoms with Crippen molar-refractivity contribution in [2.45, 2.75) is 30.6 Å². The number of thioether (sulfide) groups is 1. The lowest BCUT2D eigenvalue weighted by Crippen LogP contribution is -2.34. The van der Waals surface area contributed by atoms with Crippen LogP contribution in [0.2, 0.25) is 0 Å². The van der Waals surface area contributed by atoms with Crippen LogP contribution in [0.25, 0.3) is 0 Å². The Morgan fingerprint density at radius 3 is 3.11 bits per heavy atom. The second kappa shape index (κ2) is 5.45. The second-order valence-corrected chi connectivity index (χ2v) is 6.32. The third kappa shape index (κ3) is 2.47. The number of Topliss-reactive ketones (excluding diaryl/α,β-unsaturated/α-hetero) is 1. The van der Waals surface area contributed by atoms with Gasteiger partial charge < -0.3 is 5.32 Å². The molecule has 96 valence electrons. The summed E-state index contributed by atoms with van der Waals surface area (Å²) in [6, 6.07) is 6.30. The summed E-state index contributed by atoms with van der Waals surface area (Å²) >= 11 is 1.92. The van der Waals surface area contributed by atoms with Gasteiger partial charge in [-0.15, -0.1) is 11.8 Å². The van der Waals surface area contributed by atoms with Gasteiger partial charge in [0.2, 0.25) is 0 Å². The molecule has 1 saturated heterocycles. The van der Waals surface area contributed by atoms with Gasteiger partial charge in [-0.2, -0.15) is 0 Å². The Balaban J connectivity index is 1.80. The molecule has 0 spiro atoms. The Morgan fingerprint density at radius 1 is 1.33 bits per heavy atom. The molecule has 1 unspecified atom stereocenters. The highest BCUT2D eigenvalue weighted by molar-refractivity contribution is 7.99. The van der Waals surface area contributed by atoms with Crippen molar-refractivity contribution in [1.82, 2.24) is 5.32 Å². The van der Waals surface area contributed by atoms with Gasteiger partial charge in [0, 0.05) is 22.9 Å². The van der Waals surface area contributed by atoms with Gasteiger partial charge in [0.15, 0.2) is 5.78 Å². The van der Waals surface area contributed by atoms with E-state index in [4.69, 9.17) is 0 Å². The second-order valence-electron chi connectivity index (χ2n) is 5.18. The van der Waals surface area contributed by atoms with Gasteiger partial charge in [0.1, 0.15) is 0 Å². The van der Waals surface area contributed by atoms with Gasteiger partial charge in [0.25, 0.3) is 0 Å². The molecule has 1 aromatic carbocycles. The topological polar surface area (TPSA) is 29.1 Å². The summed E-state index contributed by atoms with van der Waals surface area (Å²) < 4.78 is 0. The first-order valence-electron chi connectivity index (χ1n) is 6.85. The van der Waals surface area contributed by atoms with Gasteiger partial charge in [-0.1, -0.05) is 6.07 Å². The fraction of sp³-hybridized carbons (Fsp3) is 0.533. The number of carbonyl (C=O) groups is 1. The van der Waals surface area contributed by atoms with Gasteiger partial charge >= 0.3 is 0 Å². The minimum absolute atomic E-state index is 0.188. The molecule has 1 aromatic rings. The van der Waals surface area contributed by atoms with E-state index in [-0.39, 0.29) is 5.92 Å². The van der Waals surface area contributed by atoms with Crippen molar-refractivity contribution in [1.29, 1.82) is 0 Å². The molecule has 0 aromatic heterocycles. The normalized spacial score (nSPS) is 23.4. The SMILES string of the molecule is O=C(c1ccc2c(c1)CCCS2)C1CCCNC1. The molecule has 3 heteroatoms. The van der Waals surface area contributed by atoms with Gasteiger partial charge in [-0.3, -0.25) is 4.79 Å². The molecule has 1 atom stereocenters. The van der Waals surface area contributed by atoms with Crippen LogP contribution in [0.5, 0.6) is 0 Å². The van der Waals surface area contributed by atoms with Crippen LogP contribution in [0.4, 0.5) is 0 Å². The first-order valence-corrected chi connectivity index (χ1v) is 7.84. The lowest BCUT2D eigenvalue weighted by Gasteiger charge is -2.22. The maximum absolute atomic E-state index is 12.4. The van der Waals surface area contributed by atoms with Crippen molar-refractivity contribution in [2.24, 2.45) is 5.92 Å².